The predicted octanol–water partition coefficient (Wildman–Crippen LogP) is 4.81. The highest BCUT2D eigenvalue weighted by Crippen LogP contribution is 2.45. The van der Waals surface area contributed by atoms with Crippen LogP contribution in [0.3, 0.4) is 0 Å². The van der Waals surface area contributed by atoms with Crippen molar-refractivity contribution in [2.24, 2.45) is 0 Å². The molecule has 190 valence electrons. The molecule has 3 heterocycles. The number of benzene rings is 1. The monoisotopic (exact) mass is 489 g/mol. The summed E-state index contributed by atoms with van der Waals surface area (Å²) < 4.78 is 11.2. The van der Waals surface area contributed by atoms with Crippen LogP contribution in [0, 0.1) is 0 Å². The van der Waals surface area contributed by atoms with E-state index in [1.165, 1.54) is 5.57 Å². The van der Waals surface area contributed by atoms with Crippen molar-refractivity contribution in [3.63, 3.8) is 0 Å². The van der Waals surface area contributed by atoms with Crippen molar-refractivity contribution in [1.29, 1.82) is 0 Å². The summed E-state index contributed by atoms with van der Waals surface area (Å²) in [5.74, 6) is 1.61. The number of nitrogens with one attached hydrogen (secondary N) is 1. The molecule has 4 aliphatic rings. The van der Waals surface area contributed by atoms with E-state index < -0.39 is 5.54 Å². The number of allylic oxidation sites excluding steroid dienone is 5. The van der Waals surface area contributed by atoms with Gasteiger partial charge in [-0.1, -0.05) is 36.3 Å². The molecule has 1 aromatic carbocycles. The Hall–Kier alpha value is -3.48. The minimum absolute atomic E-state index is 0.0594. The number of likely N-dealkylation sites (tertiary alicyclic amines) is 1. The summed E-state index contributed by atoms with van der Waals surface area (Å²) in [5, 5.41) is 3.29. The molecule has 1 unspecified atom stereocenters. The van der Waals surface area contributed by atoms with Crippen LogP contribution in [0.2, 0.25) is 0 Å². The van der Waals surface area contributed by atoms with E-state index in [1.807, 2.05) is 41.0 Å². The fourth-order valence-electron chi connectivity index (χ4n) is 5.96. The van der Waals surface area contributed by atoms with Gasteiger partial charge in [0.25, 0.3) is 5.91 Å². The Kier molecular flexibility index (Phi) is 6.18. The number of carbonyl (C=O) groups excluding carboxylic acids is 2. The molecule has 0 saturated carbocycles. The molecule has 0 aromatic heterocycles. The normalized spacial score (nSPS) is 22.8. The molecular formula is C29H35N3O4. The lowest BCUT2D eigenvalue weighted by atomic mass is 9.83. The highest BCUT2D eigenvalue weighted by atomic mass is 16.5. The fourth-order valence-corrected chi connectivity index (χ4v) is 5.96. The maximum Gasteiger partial charge on any atom is 0.322 e. The molecule has 7 nitrogen and oxygen atoms in total. The van der Waals surface area contributed by atoms with Crippen LogP contribution in [0.15, 0.2) is 58.9 Å². The van der Waals surface area contributed by atoms with Gasteiger partial charge in [0, 0.05) is 41.9 Å². The van der Waals surface area contributed by atoms with Crippen molar-refractivity contribution in [1.82, 2.24) is 15.1 Å². The molecule has 3 aliphatic heterocycles. The SMILES string of the molecule is COc1cc2c(c(OC)c1)C(C)C=C1N(C2)C(=O)NC12CCN(C(=O)C1=CC(C)=CCC(C)=C1)CC2. The summed E-state index contributed by atoms with van der Waals surface area (Å²) in [6.45, 7) is 7.88. The van der Waals surface area contributed by atoms with E-state index in [4.69, 9.17) is 9.47 Å². The number of nitrogens with zero attached hydrogens (tertiary/aromatic N) is 2. The van der Waals surface area contributed by atoms with Crippen molar-refractivity contribution in [3.8, 4) is 11.5 Å². The summed E-state index contributed by atoms with van der Waals surface area (Å²) in [5.41, 5.74) is 5.68. The Morgan fingerprint density at radius 3 is 2.56 bits per heavy atom. The van der Waals surface area contributed by atoms with Crippen molar-refractivity contribution in [2.75, 3.05) is 27.3 Å². The summed E-state index contributed by atoms with van der Waals surface area (Å²) in [6.07, 6.45) is 10.6. The topological polar surface area (TPSA) is 71.1 Å². The van der Waals surface area contributed by atoms with E-state index in [0.29, 0.717) is 38.2 Å². The maximum atomic E-state index is 13.4. The summed E-state index contributed by atoms with van der Waals surface area (Å²) in [4.78, 5) is 30.4. The molecule has 3 amide bonds. The third-order valence-corrected chi connectivity index (χ3v) is 7.90. The van der Waals surface area contributed by atoms with Crippen LogP contribution in [0.4, 0.5) is 4.79 Å². The Balaban J connectivity index is 1.41. The first-order valence-electron chi connectivity index (χ1n) is 12.7. The van der Waals surface area contributed by atoms with Crippen molar-refractivity contribution in [2.45, 2.75) is 58.0 Å². The number of carbonyl (C=O) groups is 2. The van der Waals surface area contributed by atoms with Crippen LogP contribution in [0.5, 0.6) is 11.5 Å². The van der Waals surface area contributed by atoms with Crippen LogP contribution in [-0.2, 0) is 11.3 Å². The van der Waals surface area contributed by atoms with E-state index in [9.17, 15) is 9.59 Å². The van der Waals surface area contributed by atoms with Crippen LogP contribution >= 0.6 is 0 Å². The molecule has 36 heavy (non-hydrogen) atoms. The molecule has 1 spiro atoms. The average Bonchev–Trinajstić information content (AvgIpc) is 3.00. The van der Waals surface area contributed by atoms with Gasteiger partial charge in [-0.2, -0.15) is 0 Å². The van der Waals surface area contributed by atoms with Crippen molar-refractivity contribution >= 4 is 11.9 Å². The lowest BCUT2D eigenvalue weighted by Crippen LogP contribution is -2.53. The number of amides is 3. The van der Waals surface area contributed by atoms with Crippen molar-refractivity contribution < 1.29 is 19.1 Å². The van der Waals surface area contributed by atoms with Crippen LogP contribution in [0.25, 0.3) is 0 Å². The second kappa shape index (κ2) is 9.19. The van der Waals surface area contributed by atoms with Crippen molar-refractivity contribution in [3.05, 3.63) is 70.0 Å². The Labute approximate surface area is 213 Å². The van der Waals surface area contributed by atoms with Gasteiger partial charge >= 0.3 is 6.03 Å². The zero-order valence-electron chi connectivity index (χ0n) is 21.8. The zero-order chi connectivity index (χ0) is 25.6. The smallest absolute Gasteiger partial charge is 0.322 e. The summed E-state index contributed by atoms with van der Waals surface area (Å²) in [6, 6.07) is 3.81. The van der Waals surface area contributed by atoms with E-state index in [0.717, 1.165) is 40.1 Å². The number of ether oxygens (including phenoxy) is 2. The van der Waals surface area contributed by atoms with Crippen LogP contribution < -0.4 is 14.8 Å². The van der Waals surface area contributed by atoms with Gasteiger partial charge in [-0.3, -0.25) is 9.69 Å². The molecule has 7 heteroatoms. The highest BCUT2D eigenvalue weighted by molar-refractivity contribution is 5.97. The molecule has 1 atom stereocenters. The molecule has 5 rings (SSSR count). The molecule has 0 radical (unpaired) electrons. The van der Waals surface area contributed by atoms with Crippen LogP contribution in [0.1, 0.15) is 57.1 Å². The Morgan fingerprint density at radius 2 is 1.86 bits per heavy atom. The van der Waals surface area contributed by atoms with Crippen LogP contribution in [-0.4, -0.2) is 54.6 Å². The summed E-state index contributed by atoms with van der Waals surface area (Å²) >= 11 is 0. The number of fused-ring (bicyclic) bond motifs is 3. The molecule has 1 aliphatic carbocycles. The van der Waals surface area contributed by atoms with Gasteiger partial charge in [0.15, 0.2) is 0 Å². The zero-order valence-corrected chi connectivity index (χ0v) is 21.8. The van der Waals surface area contributed by atoms with Gasteiger partial charge in [0.2, 0.25) is 0 Å². The second-order valence-electron chi connectivity index (χ2n) is 10.4. The first kappa shape index (κ1) is 24.2. The van der Waals surface area contributed by atoms with Gasteiger partial charge in [0.1, 0.15) is 11.5 Å². The van der Waals surface area contributed by atoms with E-state index in [2.05, 4.69) is 31.3 Å². The van der Waals surface area contributed by atoms with E-state index in [-0.39, 0.29) is 17.9 Å². The largest absolute Gasteiger partial charge is 0.497 e. The molecule has 2 saturated heterocycles. The number of methoxy groups -OCH3 is 2. The first-order chi connectivity index (χ1) is 17.2. The third-order valence-electron chi connectivity index (χ3n) is 7.90. The number of hydrogen-bond acceptors (Lipinski definition) is 4. The molecular weight excluding hydrogens is 454 g/mol. The quantitative estimate of drug-likeness (QED) is 0.661. The first-order valence-corrected chi connectivity index (χ1v) is 12.7. The number of urea groups is 1. The minimum Gasteiger partial charge on any atom is -0.497 e. The summed E-state index contributed by atoms with van der Waals surface area (Å²) in [7, 11) is 3.30. The molecule has 1 N–H and O–H groups in total. The predicted molar refractivity (Wildman–Crippen MR) is 139 cm³/mol. The van der Waals surface area contributed by atoms with Gasteiger partial charge in [-0.15, -0.1) is 0 Å². The minimum atomic E-state index is -0.471. The third kappa shape index (κ3) is 4.10. The molecule has 0 bridgehead atoms. The lowest BCUT2D eigenvalue weighted by Gasteiger charge is -2.40. The Bertz CT molecular complexity index is 1230. The fraction of sp³-hybridized carbons (Fsp3) is 0.448. The van der Waals surface area contributed by atoms with Gasteiger partial charge in [0.05, 0.1) is 26.3 Å². The Morgan fingerprint density at radius 1 is 1.11 bits per heavy atom. The number of rotatable bonds is 3. The molecule has 1 aromatic rings. The van der Waals surface area contributed by atoms with Gasteiger partial charge in [-0.05, 0) is 50.8 Å². The standard InChI is InChI=1S/C29H35N3O4/c1-18-6-7-19(2)13-21(12-18)27(33)31-10-8-29(9-11-31)25-14-20(3)26-22(17-32(25)28(34)30-29)15-23(35-4)16-24(26)36-5/h6,12-16,20H,7-11,17H2,1-5H3,(H,30,34). The van der Waals surface area contributed by atoms with E-state index in [1.54, 1.807) is 14.2 Å². The lowest BCUT2D eigenvalue weighted by molar-refractivity contribution is -0.128. The average molecular weight is 490 g/mol. The van der Waals surface area contributed by atoms with Gasteiger partial charge < -0.3 is 19.7 Å². The number of hydrogen-bond donors (Lipinski definition) is 1. The number of piperidine rings is 1. The van der Waals surface area contributed by atoms with E-state index >= 15 is 0 Å². The van der Waals surface area contributed by atoms with Gasteiger partial charge in [-0.25, -0.2) is 4.79 Å². The second-order valence-corrected chi connectivity index (χ2v) is 10.4. The molecule has 2 fully saturated rings. The maximum absolute atomic E-state index is 13.4. The highest BCUT2D eigenvalue weighted by Gasteiger charge is 2.50.